The van der Waals surface area contributed by atoms with Gasteiger partial charge in [-0.3, -0.25) is 0 Å². The van der Waals surface area contributed by atoms with Crippen LogP contribution in [0.2, 0.25) is 0 Å². The van der Waals surface area contributed by atoms with E-state index in [1.54, 1.807) is 6.92 Å². The van der Waals surface area contributed by atoms with Gasteiger partial charge in [-0.15, -0.1) is 0 Å². The van der Waals surface area contributed by atoms with Crippen LogP contribution in [0.3, 0.4) is 0 Å². The highest BCUT2D eigenvalue weighted by molar-refractivity contribution is 7.87. The van der Waals surface area contributed by atoms with Crippen molar-refractivity contribution < 1.29 is 8.42 Å². The van der Waals surface area contributed by atoms with E-state index in [1.807, 2.05) is 37.3 Å². The first-order chi connectivity index (χ1) is 9.01. The lowest BCUT2D eigenvalue weighted by Crippen LogP contribution is -2.37. The first-order valence-corrected chi connectivity index (χ1v) is 7.53. The SMILES string of the molecule is CCN(C(C)CCc1ccccc1)S(=O)(=O)N=[N+]=[N-]. The molecule has 0 aliphatic carbocycles. The molecule has 0 saturated carbocycles. The Labute approximate surface area is 113 Å². The summed E-state index contributed by atoms with van der Waals surface area (Å²) in [5, 5.41) is 0. The highest BCUT2D eigenvalue weighted by Crippen LogP contribution is 2.14. The van der Waals surface area contributed by atoms with Crippen molar-refractivity contribution in [2.24, 2.45) is 4.52 Å². The van der Waals surface area contributed by atoms with Gasteiger partial charge in [-0.2, -0.15) is 4.31 Å². The third kappa shape index (κ3) is 4.55. The van der Waals surface area contributed by atoms with Gasteiger partial charge in [-0.05, 0) is 30.9 Å². The molecule has 0 aromatic heterocycles. The molecule has 0 spiro atoms. The van der Waals surface area contributed by atoms with E-state index in [-0.39, 0.29) is 12.6 Å². The van der Waals surface area contributed by atoms with Gasteiger partial charge in [0.2, 0.25) is 0 Å². The van der Waals surface area contributed by atoms with Crippen LogP contribution in [0, 0.1) is 0 Å². The molecular weight excluding hydrogens is 264 g/mol. The Morgan fingerprint density at radius 1 is 1.37 bits per heavy atom. The second kappa shape index (κ2) is 7.13. The van der Waals surface area contributed by atoms with Gasteiger partial charge < -0.3 is 0 Å². The van der Waals surface area contributed by atoms with Gasteiger partial charge in [0.15, 0.2) is 0 Å². The number of azide groups is 1. The Balaban J connectivity index is 2.70. The Hall–Kier alpha value is -1.56. The molecule has 0 fully saturated rings. The van der Waals surface area contributed by atoms with Crippen molar-refractivity contribution >= 4 is 10.2 Å². The van der Waals surface area contributed by atoms with Crippen LogP contribution < -0.4 is 0 Å². The molecular formula is C12H18N4O2S. The summed E-state index contributed by atoms with van der Waals surface area (Å²) in [5.41, 5.74) is 9.45. The summed E-state index contributed by atoms with van der Waals surface area (Å²) in [6.45, 7) is 3.83. The molecule has 0 saturated heterocycles. The molecule has 1 aromatic rings. The number of hydrogen-bond donors (Lipinski definition) is 0. The van der Waals surface area contributed by atoms with Crippen LogP contribution in [0.25, 0.3) is 10.4 Å². The van der Waals surface area contributed by atoms with E-state index in [0.717, 1.165) is 12.0 Å². The maximum absolute atomic E-state index is 11.7. The number of benzene rings is 1. The number of nitrogens with zero attached hydrogens (tertiary/aromatic N) is 4. The summed E-state index contributed by atoms with van der Waals surface area (Å²) in [5.74, 6) is 0. The lowest BCUT2D eigenvalue weighted by atomic mass is 10.1. The summed E-state index contributed by atoms with van der Waals surface area (Å²) >= 11 is 0. The molecule has 0 aliphatic heterocycles. The number of rotatable bonds is 7. The van der Waals surface area contributed by atoms with Gasteiger partial charge in [-0.25, -0.2) is 8.42 Å². The fraction of sp³-hybridized carbons (Fsp3) is 0.500. The van der Waals surface area contributed by atoms with Crippen molar-refractivity contribution in [2.45, 2.75) is 32.7 Å². The Bertz CT molecular complexity index is 538. The van der Waals surface area contributed by atoms with Crippen molar-refractivity contribution in [1.82, 2.24) is 4.31 Å². The fourth-order valence-electron chi connectivity index (χ4n) is 1.96. The molecule has 0 aliphatic rings. The third-order valence-electron chi connectivity index (χ3n) is 2.93. The predicted octanol–water partition coefficient (Wildman–Crippen LogP) is 2.88. The van der Waals surface area contributed by atoms with E-state index < -0.39 is 10.2 Å². The topological polar surface area (TPSA) is 86.1 Å². The molecule has 19 heavy (non-hydrogen) atoms. The minimum absolute atomic E-state index is 0.208. The molecule has 1 atom stereocenters. The highest BCUT2D eigenvalue weighted by atomic mass is 32.2. The molecule has 104 valence electrons. The lowest BCUT2D eigenvalue weighted by Gasteiger charge is -2.24. The molecule has 0 radical (unpaired) electrons. The van der Waals surface area contributed by atoms with Crippen LogP contribution in [-0.4, -0.2) is 25.3 Å². The number of aryl methyl sites for hydroxylation is 1. The summed E-state index contributed by atoms with van der Waals surface area (Å²) in [4.78, 5) is 2.37. The molecule has 0 amide bonds. The van der Waals surface area contributed by atoms with Gasteiger partial charge in [0.25, 0.3) is 0 Å². The maximum Gasteiger partial charge on any atom is 0.302 e. The molecule has 1 rings (SSSR count). The smallest absolute Gasteiger partial charge is 0.204 e. The summed E-state index contributed by atoms with van der Waals surface area (Å²) < 4.78 is 27.5. The molecule has 6 nitrogen and oxygen atoms in total. The maximum atomic E-state index is 11.7. The van der Waals surface area contributed by atoms with Crippen LogP contribution in [0.15, 0.2) is 34.9 Å². The highest BCUT2D eigenvalue weighted by Gasteiger charge is 2.24. The van der Waals surface area contributed by atoms with E-state index in [9.17, 15) is 8.42 Å². The predicted molar refractivity (Wildman–Crippen MR) is 74.7 cm³/mol. The zero-order valence-electron chi connectivity index (χ0n) is 11.1. The number of hydrogen-bond acceptors (Lipinski definition) is 2. The van der Waals surface area contributed by atoms with E-state index in [4.69, 9.17) is 5.53 Å². The Morgan fingerprint density at radius 3 is 2.53 bits per heavy atom. The monoisotopic (exact) mass is 282 g/mol. The standard InChI is InChI=1S/C12H18N4O2S/c1-3-16(19(17,18)15-14-13)11(2)9-10-12-7-5-4-6-8-12/h4-8,11H,3,9-10H2,1-2H3. The molecule has 0 N–H and O–H groups in total. The summed E-state index contributed by atoms with van der Waals surface area (Å²) in [6.07, 6.45) is 1.46. The van der Waals surface area contributed by atoms with Crippen molar-refractivity contribution in [3.8, 4) is 0 Å². The fourth-order valence-corrected chi connectivity index (χ4v) is 3.03. The lowest BCUT2D eigenvalue weighted by molar-refractivity contribution is 0.335. The van der Waals surface area contributed by atoms with Gasteiger partial charge in [0.05, 0.1) is 0 Å². The zero-order chi connectivity index (χ0) is 14.3. The first-order valence-electron chi connectivity index (χ1n) is 6.13. The second-order valence-electron chi connectivity index (χ2n) is 4.23. The van der Waals surface area contributed by atoms with Crippen LogP contribution >= 0.6 is 0 Å². The Morgan fingerprint density at radius 2 is 2.00 bits per heavy atom. The zero-order valence-corrected chi connectivity index (χ0v) is 11.9. The largest absolute Gasteiger partial charge is 0.302 e. The van der Waals surface area contributed by atoms with Crippen LogP contribution in [0.5, 0.6) is 0 Å². The molecule has 7 heteroatoms. The van der Waals surface area contributed by atoms with Crippen LogP contribution in [-0.2, 0) is 16.6 Å². The summed E-state index contributed by atoms with van der Waals surface area (Å²) in [7, 11) is -3.88. The minimum atomic E-state index is -3.88. The normalized spacial score (nSPS) is 13.0. The quantitative estimate of drug-likeness (QED) is 0.437. The van der Waals surface area contributed by atoms with Crippen molar-refractivity contribution in [2.75, 3.05) is 6.54 Å². The van der Waals surface area contributed by atoms with Gasteiger partial charge in [0.1, 0.15) is 0 Å². The summed E-state index contributed by atoms with van der Waals surface area (Å²) in [6, 6.07) is 9.65. The van der Waals surface area contributed by atoms with Gasteiger partial charge in [-0.1, -0.05) is 37.3 Å². The van der Waals surface area contributed by atoms with E-state index in [0.29, 0.717) is 6.42 Å². The van der Waals surface area contributed by atoms with E-state index >= 15 is 0 Å². The van der Waals surface area contributed by atoms with Crippen molar-refractivity contribution in [3.05, 3.63) is 46.3 Å². The Kier molecular flexibility index (Phi) is 5.82. The van der Waals surface area contributed by atoms with Gasteiger partial charge in [0, 0.05) is 22.0 Å². The van der Waals surface area contributed by atoms with Crippen molar-refractivity contribution in [3.63, 3.8) is 0 Å². The molecule has 0 bridgehead atoms. The molecule has 1 aromatic carbocycles. The van der Waals surface area contributed by atoms with Gasteiger partial charge >= 0.3 is 10.2 Å². The third-order valence-corrected chi connectivity index (χ3v) is 4.42. The molecule has 1 unspecified atom stereocenters. The first kappa shape index (κ1) is 15.5. The average Bonchev–Trinajstić information content (AvgIpc) is 2.38. The van der Waals surface area contributed by atoms with Crippen LogP contribution in [0.1, 0.15) is 25.8 Å². The van der Waals surface area contributed by atoms with E-state index in [1.165, 1.54) is 4.31 Å². The average molecular weight is 282 g/mol. The molecule has 0 heterocycles. The second-order valence-corrected chi connectivity index (χ2v) is 5.75. The minimum Gasteiger partial charge on any atom is -0.204 e. The van der Waals surface area contributed by atoms with Crippen LogP contribution in [0.4, 0.5) is 0 Å². The van der Waals surface area contributed by atoms with E-state index in [2.05, 4.69) is 9.43 Å². The van der Waals surface area contributed by atoms with Crippen molar-refractivity contribution in [1.29, 1.82) is 0 Å².